The number of halogens is 1. The topological polar surface area (TPSA) is 95.1 Å². The van der Waals surface area contributed by atoms with Crippen molar-refractivity contribution in [1.29, 1.82) is 0 Å². The maximum Gasteiger partial charge on any atom is 0.238 e. The lowest BCUT2D eigenvalue weighted by Crippen LogP contribution is -2.26. The molecule has 2 heterocycles. The number of nitrogens with zero attached hydrogens (tertiary/aromatic N) is 4. The second-order valence-corrected chi connectivity index (χ2v) is 10.9. The number of hydrogen-bond donors (Lipinski definition) is 1. The number of thioether (sulfide) groups is 1. The Hall–Kier alpha value is -2.88. The van der Waals surface area contributed by atoms with Gasteiger partial charge in [0.15, 0.2) is 28.4 Å². The van der Waals surface area contributed by atoms with E-state index in [-0.39, 0.29) is 24.3 Å². The van der Waals surface area contributed by atoms with E-state index in [0.29, 0.717) is 34.4 Å². The van der Waals surface area contributed by atoms with Crippen LogP contribution in [0.5, 0.6) is 5.75 Å². The Kier molecular flexibility index (Phi) is 6.82. The maximum absolute atomic E-state index is 14.1. The molecule has 10 heteroatoms. The van der Waals surface area contributed by atoms with Crippen LogP contribution in [-0.2, 0) is 11.4 Å². The summed E-state index contributed by atoms with van der Waals surface area (Å²) in [6.07, 6.45) is 5.07. The number of carbonyl (C=O) groups excluding carboxylic acids is 1. The molecule has 2 aliphatic carbocycles. The van der Waals surface area contributed by atoms with Crippen LogP contribution < -0.4 is 10.1 Å². The van der Waals surface area contributed by atoms with Gasteiger partial charge in [0.25, 0.3) is 0 Å². The molecule has 35 heavy (non-hydrogen) atoms. The molecule has 5 atom stereocenters. The number of carbonyl (C=O) groups is 1. The van der Waals surface area contributed by atoms with E-state index in [1.807, 2.05) is 6.92 Å². The Morgan fingerprint density at radius 1 is 1.29 bits per heavy atom. The van der Waals surface area contributed by atoms with Gasteiger partial charge in [-0.2, -0.15) is 0 Å². The highest BCUT2D eigenvalue weighted by Crippen LogP contribution is 2.52. The number of ether oxygens (including phenoxy) is 1. The van der Waals surface area contributed by atoms with Crippen LogP contribution in [0.4, 0.5) is 10.2 Å². The van der Waals surface area contributed by atoms with Gasteiger partial charge in [0.2, 0.25) is 5.91 Å². The second-order valence-electron chi connectivity index (χ2n) is 9.64. The normalized spacial score (nSPS) is 22.8. The highest BCUT2D eigenvalue weighted by molar-refractivity contribution is 8.00. The Morgan fingerprint density at radius 3 is 2.80 bits per heavy atom. The van der Waals surface area contributed by atoms with Crippen LogP contribution >= 0.6 is 11.8 Å². The summed E-state index contributed by atoms with van der Waals surface area (Å²) in [5.74, 6) is 3.23. The molecule has 2 aromatic heterocycles. The average Bonchev–Trinajstić information content (AvgIpc) is 3.63. The first-order valence-corrected chi connectivity index (χ1v) is 13.0. The molecule has 186 valence electrons. The van der Waals surface area contributed by atoms with E-state index in [0.717, 1.165) is 5.92 Å². The zero-order chi connectivity index (χ0) is 24.5. The molecule has 0 radical (unpaired) electrons. The van der Waals surface area contributed by atoms with Crippen molar-refractivity contribution >= 4 is 23.5 Å². The molecule has 5 unspecified atom stereocenters. The zero-order valence-electron chi connectivity index (χ0n) is 20.1. The van der Waals surface area contributed by atoms with Gasteiger partial charge < -0.3 is 14.6 Å². The molecule has 3 aromatic rings. The molecule has 1 amide bonds. The monoisotopic (exact) mass is 499 g/mol. The summed E-state index contributed by atoms with van der Waals surface area (Å²) in [6, 6.07) is 8.16. The summed E-state index contributed by atoms with van der Waals surface area (Å²) < 4.78 is 27.0. The minimum Gasteiger partial charge on any atom is -0.483 e. The van der Waals surface area contributed by atoms with E-state index in [4.69, 9.17) is 9.26 Å². The van der Waals surface area contributed by atoms with E-state index in [1.165, 1.54) is 43.5 Å². The quantitative estimate of drug-likeness (QED) is 0.393. The number of amides is 1. The van der Waals surface area contributed by atoms with Gasteiger partial charge in [0.05, 0.1) is 5.25 Å². The number of aromatic nitrogens is 4. The molecule has 0 spiro atoms. The molecule has 1 aromatic carbocycles. The number of hydrogen-bond acceptors (Lipinski definition) is 7. The fraction of sp³-hybridized carbons (Fsp3) is 0.520. The molecule has 5 rings (SSSR count). The summed E-state index contributed by atoms with van der Waals surface area (Å²) in [4.78, 5) is 12.8. The zero-order valence-corrected chi connectivity index (χ0v) is 20.9. The molecule has 1 N–H and O–H groups in total. The summed E-state index contributed by atoms with van der Waals surface area (Å²) in [5, 5.41) is 15.7. The largest absolute Gasteiger partial charge is 0.483 e. The predicted octanol–water partition coefficient (Wildman–Crippen LogP) is 5.41. The summed E-state index contributed by atoms with van der Waals surface area (Å²) >= 11 is 1.35. The summed E-state index contributed by atoms with van der Waals surface area (Å²) in [5.41, 5.74) is 0. The fourth-order valence-electron chi connectivity index (χ4n) is 5.54. The lowest BCUT2D eigenvalue weighted by Gasteiger charge is -2.30. The molecular formula is C25H30FN5O3S. The average molecular weight is 500 g/mol. The third kappa shape index (κ3) is 5.07. The van der Waals surface area contributed by atoms with Gasteiger partial charge in [-0.3, -0.25) is 9.36 Å². The first-order valence-electron chi connectivity index (χ1n) is 12.1. The summed E-state index contributed by atoms with van der Waals surface area (Å²) in [6.45, 7) is 5.89. The van der Waals surface area contributed by atoms with Crippen molar-refractivity contribution in [3.63, 3.8) is 0 Å². The Morgan fingerprint density at radius 2 is 2.11 bits per heavy atom. The van der Waals surface area contributed by atoms with Crippen molar-refractivity contribution in [2.75, 3.05) is 5.32 Å². The third-order valence-electron chi connectivity index (χ3n) is 7.28. The highest BCUT2D eigenvalue weighted by atomic mass is 32.2. The number of aryl methyl sites for hydroxylation is 1. The molecule has 2 aliphatic rings. The highest BCUT2D eigenvalue weighted by Gasteiger charge is 2.43. The maximum atomic E-state index is 14.1. The number of para-hydroxylation sites is 1. The lowest BCUT2D eigenvalue weighted by atomic mass is 9.84. The first-order chi connectivity index (χ1) is 16.9. The van der Waals surface area contributed by atoms with E-state index < -0.39 is 11.1 Å². The summed E-state index contributed by atoms with van der Waals surface area (Å²) in [7, 11) is 0. The van der Waals surface area contributed by atoms with E-state index in [1.54, 1.807) is 31.2 Å². The number of fused-ring (bicyclic) bond motifs is 2. The van der Waals surface area contributed by atoms with E-state index >= 15 is 0 Å². The van der Waals surface area contributed by atoms with Gasteiger partial charge in [-0.25, -0.2) is 4.39 Å². The molecular weight excluding hydrogens is 469 g/mol. The van der Waals surface area contributed by atoms with Crippen LogP contribution in [0.25, 0.3) is 0 Å². The van der Waals surface area contributed by atoms with Gasteiger partial charge >= 0.3 is 0 Å². The minimum absolute atomic E-state index is 0.0957. The molecule has 0 aliphatic heterocycles. The van der Waals surface area contributed by atoms with E-state index in [2.05, 4.69) is 32.2 Å². The Balaban J connectivity index is 1.36. The fourth-order valence-corrected chi connectivity index (χ4v) is 6.50. The first kappa shape index (κ1) is 23.8. The number of rotatable bonds is 9. The predicted molar refractivity (Wildman–Crippen MR) is 130 cm³/mol. The number of benzene rings is 1. The van der Waals surface area contributed by atoms with Crippen molar-refractivity contribution in [2.45, 2.75) is 69.5 Å². The smallest absolute Gasteiger partial charge is 0.238 e. The Labute approximate surface area is 208 Å². The lowest BCUT2D eigenvalue weighted by molar-refractivity contribution is -0.115. The van der Waals surface area contributed by atoms with Crippen LogP contribution in [0.15, 0.2) is 40.0 Å². The minimum atomic E-state index is -0.442. The SMILES string of the molecule is Cc1cc(NC(=O)C(C)Sc2nnc(COc3ccccc3F)n2C(C)C2CC3CCC2C3)no1. The van der Waals surface area contributed by atoms with Crippen molar-refractivity contribution in [1.82, 2.24) is 19.9 Å². The molecule has 2 saturated carbocycles. The molecule has 0 saturated heterocycles. The van der Waals surface area contributed by atoms with Crippen LogP contribution in [0, 0.1) is 30.5 Å². The van der Waals surface area contributed by atoms with Crippen molar-refractivity contribution in [3.05, 3.63) is 47.7 Å². The molecule has 2 fully saturated rings. The van der Waals surface area contributed by atoms with Crippen LogP contribution in [0.2, 0.25) is 0 Å². The second kappa shape index (κ2) is 10.0. The van der Waals surface area contributed by atoms with E-state index in [9.17, 15) is 9.18 Å². The third-order valence-corrected chi connectivity index (χ3v) is 8.34. The standard InChI is InChI=1S/C25H30FN5O3S/c1-14-10-22(30-34-14)27-24(32)16(3)35-25-29-28-23(13-33-21-7-5-4-6-20(21)26)31(25)15(2)19-12-17-8-9-18(19)11-17/h4-7,10,15-19H,8-9,11-13H2,1-3H3,(H,27,30,32). The van der Waals surface area contributed by atoms with Crippen molar-refractivity contribution < 1.29 is 18.4 Å². The van der Waals surface area contributed by atoms with Crippen LogP contribution in [-0.4, -0.2) is 31.1 Å². The number of nitrogens with one attached hydrogen (secondary N) is 1. The Bertz CT molecular complexity index is 1200. The van der Waals surface area contributed by atoms with Gasteiger partial charge in [0, 0.05) is 12.1 Å². The number of anilines is 1. The molecule has 2 bridgehead atoms. The van der Waals surface area contributed by atoms with Crippen LogP contribution in [0.3, 0.4) is 0 Å². The van der Waals surface area contributed by atoms with Crippen molar-refractivity contribution in [2.24, 2.45) is 17.8 Å². The van der Waals surface area contributed by atoms with Gasteiger partial charge in [0.1, 0.15) is 12.4 Å². The molecule has 8 nitrogen and oxygen atoms in total. The van der Waals surface area contributed by atoms with Crippen molar-refractivity contribution in [3.8, 4) is 5.75 Å². The van der Waals surface area contributed by atoms with Gasteiger partial charge in [-0.1, -0.05) is 35.5 Å². The van der Waals surface area contributed by atoms with Gasteiger partial charge in [-0.05, 0) is 69.9 Å². The van der Waals surface area contributed by atoms with Crippen LogP contribution in [0.1, 0.15) is 57.2 Å². The van der Waals surface area contributed by atoms with Gasteiger partial charge in [-0.15, -0.1) is 10.2 Å².